The second-order valence-corrected chi connectivity index (χ2v) is 3.18. The van der Waals surface area contributed by atoms with Crippen LogP contribution in [-0.4, -0.2) is 20.1 Å². The predicted molar refractivity (Wildman–Crippen MR) is 65.7 cm³/mol. The van der Waals surface area contributed by atoms with Gasteiger partial charge in [-0.2, -0.15) is 5.10 Å². The van der Waals surface area contributed by atoms with E-state index in [0.29, 0.717) is 5.70 Å². The van der Waals surface area contributed by atoms with Crippen molar-refractivity contribution in [3.05, 3.63) is 48.5 Å². The first-order valence-electron chi connectivity index (χ1n) is 4.88. The van der Waals surface area contributed by atoms with E-state index in [1.165, 1.54) is 4.80 Å². The maximum atomic E-state index is 9.34. The zero-order valence-electron chi connectivity index (χ0n) is 9.51. The van der Waals surface area contributed by atoms with E-state index >= 15 is 0 Å². The number of hydrogen-bond donors (Lipinski definition) is 1. The first-order valence-corrected chi connectivity index (χ1v) is 4.88. The molecule has 0 spiro atoms. The van der Waals surface area contributed by atoms with Gasteiger partial charge in [-0.15, -0.1) is 9.90 Å². The molecule has 0 bridgehead atoms. The highest BCUT2D eigenvalue weighted by atomic mass is 16.3. The number of aryl methyl sites for hydroxylation is 1. The van der Waals surface area contributed by atoms with Crippen LogP contribution in [0.5, 0.6) is 0 Å². The van der Waals surface area contributed by atoms with Gasteiger partial charge in [0.1, 0.15) is 17.2 Å². The summed E-state index contributed by atoms with van der Waals surface area (Å²) in [6, 6.07) is 0. The highest BCUT2D eigenvalue weighted by Gasteiger charge is 2.09. The summed E-state index contributed by atoms with van der Waals surface area (Å²) < 4.78 is 0. The Kier molecular flexibility index (Phi) is 3.83. The number of hydrogen-bond acceptors (Lipinski definition) is 3. The summed E-state index contributed by atoms with van der Waals surface area (Å²) in [4.78, 5) is 1.36. The van der Waals surface area contributed by atoms with Gasteiger partial charge in [0.2, 0.25) is 0 Å². The summed E-state index contributed by atoms with van der Waals surface area (Å²) in [7, 11) is 0. The van der Waals surface area contributed by atoms with E-state index in [0.717, 1.165) is 11.4 Å². The molecule has 0 fully saturated rings. The largest absolute Gasteiger partial charge is 0.506 e. The molecule has 1 aromatic heterocycles. The molecule has 4 nitrogen and oxygen atoms in total. The minimum Gasteiger partial charge on any atom is -0.506 e. The summed E-state index contributed by atoms with van der Waals surface area (Å²) >= 11 is 0. The Morgan fingerprint density at radius 2 is 2.12 bits per heavy atom. The quantitative estimate of drug-likeness (QED) is 0.623. The van der Waals surface area contributed by atoms with Crippen LogP contribution in [0.25, 0.3) is 11.8 Å². The van der Waals surface area contributed by atoms with Gasteiger partial charge < -0.3 is 5.11 Å². The van der Waals surface area contributed by atoms with Crippen molar-refractivity contribution in [1.29, 1.82) is 0 Å². The molecule has 84 valence electrons. The van der Waals surface area contributed by atoms with E-state index in [2.05, 4.69) is 23.4 Å². The number of aliphatic hydroxyl groups is 1. The summed E-state index contributed by atoms with van der Waals surface area (Å²) in [5, 5.41) is 17.8. The first kappa shape index (κ1) is 12.0. The van der Waals surface area contributed by atoms with Gasteiger partial charge in [-0.3, -0.25) is 0 Å². The van der Waals surface area contributed by atoms with Gasteiger partial charge in [-0.05, 0) is 19.9 Å². The van der Waals surface area contributed by atoms with Crippen molar-refractivity contribution in [3.63, 3.8) is 0 Å². The summed E-state index contributed by atoms with van der Waals surface area (Å²) in [5.41, 5.74) is 1.99. The van der Waals surface area contributed by atoms with Gasteiger partial charge in [0.05, 0.1) is 5.69 Å². The third-order valence-corrected chi connectivity index (χ3v) is 1.99. The standard InChI is InChI=1S/C12H15N3O/c1-5-7-8-11-9(3)13-15(14-11)12(6-2)10(4)16/h5-8,16H,1,4H2,2-3H3/b8-7-,12-6+. The maximum Gasteiger partial charge on any atom is 0.135 e. The SMILES string of the molecule is C=C/C=C\c1nn(/C(=C/C)C(=C)O)nc1C. The summed E-state index contributed by atoms with van der Waals surface area (Å²) in [6.07, 6.45) is 6.95. The van der Waals surface area contributed by atoms with Gasteiger partial charge in [-0.1, -0.05) is 31.4 Å². The van der Waals surface area contributed by atoms with Crippen LogP contribution in [0.4, 0.5) is 0 Å². The molecule has 0 saturated carbocycles. The fraction of sp³-hybridized carbons (Fsp3) is 0.167. The monoisotopic (exact) mass is 217 g/mol. The van der Waals surface area contributed by atoms with Crippen molar-refractivity contribution in [2.24, 2.45) is 0 Å². The molecular formula is C12H15N3O. The van der Waals surface area contributed by atoms with Crippen molar-refractivity contribution in [2.45, 2.75) is 13.8 Å². The molecule has 0 amide bonds. The van der Waals surface area contributed by atoms with Crippen molar-refractivity contribution < 1.29 is 5.11 Å². The Hall–Kier alpha value is -2.10. The van der Waals surface area contributed by atoms with Crippen LogP contribution >= 0.6 is 0 Å². The lowest BCUT2D eigenvalue weighted by molar-refractivity contribution is 0.430. The van der Waals surface area contributed by atoms with Crippen LogP contribution in [0.15, 0.2) is 37.1 Å². The number of aromatic nitrogens is 3. The van der Waals surface area contributed by atoms with Gasteiger partial charge in [0.15, 0.2) is 0 Å². The lowest BCUT2D eigenvalue weighted by Gasteiger charge is -2.01. The van der Waals surface area contributed by atoms with Crippen molar-refractivity contribution in [1.82, 2.24) is 15.0 Å². The Morgan fingerprint density at radius 3 is 2.62 bits per heavy atom. The van der Waals surface area contributed by atoms with Gasteiger partial charge >= 0.3 is 0 Å². The smallest absolute Gasteiger partial charge is 0.135 e. The Labute approximate surface area is 94.9 Å². The molecular weight excluding hydrogens is 202 g/mol. The zero-order valence-corrected chi connectivity index (χ0v) is 9.51. The van der Waals surface area contributed by atoms with Crippen LogP contribution in [-0.2, 0) is 0 Å². The molecule has 0 saturated heterocycles. The fourth-order valence-electron chi connectivity index (χ4n) is 1.21. The number of aliphatic hydroxyl groups excluding tert-OH is 1. The second-order valence-electron chi connectivity index (χ2n) is 3.18. The van der Waals surface area contributed by atoms with Crippen LogP contribution in [0, 0.1) is 6.92 Å². The maximum absolute atomic E-state index is 9.34. The molecule has 0 radical (unpaired) electrons. The number of nitrogens with zero attached hydrogens (tertiary/aromatic N) is 3. The van der Waals surface area contributed by atoms with E-state index < -0.39 is 0 Å². The van der Waals surface area contributed by atoms with Gasteiger partial charge in [0.25, 0.3) is 0 Å². The predicted octanol–water partition coefficient (Wildman–Crippen LogP) is 2.72. The normalized spacial score (nSPS) is 12.0. The molecule has 4 heteroatoms. The molecule has 0 aliphatic rings. The topological polar surface area (TPSA) is 50.9 Å². The third-order valence-electron chi connectivity index (χ3n) is 1.99. The van der Waals surface area contributed by atoms with Crippen LogP contribution in [0.3, 0.4) is 0 Å². The molecule has 1 heterocycles. The molecule has 0 aliphatic heterocycles. The highest BCUT2D eigenvalue weighted by molar-refractivity contribution is 5.59. The Balaban J connectivity index is 3.14. The highest BCUT2D eigenvalue weighted by Crippen LogP contribution is 2.12. The minimum absolute atomic E-state index is 0.0586. The number of allylic oxidation sites excluding steroid dienone is 4. The van der Waals surface area contributed by atoms with Crippen LogP contribution < -0.4 is 0 Å². The zero-order chi connectivity index (χ0) is 12.1. The lowest BCUT2D eigenvalue weighted by atomic mass is 10.3. The van der Waals surface area contributed by atoms with Crippen molar-refractivity contribution in [3.8, 4) is 0 Å². The van der Waals surface area contributed by atoms with Crippen LogP contribution in [0.1, 0.15) is 18.3 Å². The van der Waals surface area contributed by atoms with Gasteiger partial charge in [-0.25, -0.2) is 0 Å². The Bertz CT molecular complexity index is 467. The van der Waals surface area contributed by atoms with E-state index in [1.54, 1.807) is 31.2 Å². The Morgan fingerprint density at radius 1 is 1.44 bits per heavy atom. The van der Waals surface area contributed by atoms with Crippen LogP contribution in [0.2, 0.25) is 0 Å². The summed E-state index contributed by atoms with van der Waals surface area (Å²) in [6.45, 7) is 10.7. The fourth-order valence-corrected chi connectivity index (χ4v) is 1.21. The molecule has 1 rings (SSSR count). The molecule has 0 aliphatic carbocycles. The molecule has 0 atom stereocenters. The average molecular weight is 217 g/mol. The molecule has 1 aromatic rings. The van der Waals surface area contributed by atoms with E-state index in [1.807, 2.05) is 6.92 Å². The second kappa shape index (κ2) is 5.11. The number of rotatable bonds is 4. The van der Waals surface area contributed by atoms with E-state index in [4.69, 9.17) is 0 Å². The lowest BCUT2D eigenvalue weighted by Crippen LogP contribution is -2.03. The third kappa shape index (κ3) is 2.48. The minimum atomic E-state index is -0.0586. The van der Waals surface area contributed by atoms with Gasteiger partial charge in [0, 0.05) is 0 Å². The average Bonchev–Trinajstić information content (AvgIpc) is 2.57. The van der Waals surface area contributed by atoms with E-state index in [9.17, 15) is 5.11 Å². The molecule has 0 aromatic carbocycles. The first-order chi connectivity index (χ1) is 7.60. The molecule has 16 heavy (non-hydrogen) atoms. The van der Waals surface area contributed by atoms with Crippen molar-refractivity contribution >= 4 is 11.8 Å². The molecule has 0 unspecified atom stereocenters. The molecule has 1 N–H and O–H groups in total. The van der Waals surface area contributed by atoms with E-state index in [-0.39, 0.29) is 5.76 Å². The summed E-state index contributed by atoms with van der Waals surface area (Å²) in [5.74, 6) is -0.0586. The van der Waals surface area contributed by atoms with Crippen molar-refractivity contribution in [2.75, 3.05) is 0 Å².